The number of aromatic nitrogens is 1. The molecule has 104 valence electrons. The quantitative estimate of drug-likeness (QED) is 0.871. The minimum Gasteiger partial charge on any atom is -0.379 e. The lowest BCUT2D eigenvalue weighted by Crippen LogP contribution is -2.45. The Morgan fingerprint density at radius 1 is 1.26 bits per heavy atom. The molecule has 0 aromatic carbocycles. The van der Waals surface area contributed by atoms with Gasteiger partial charge in [0.1, 0.15) is 0 Å². The molecule has 19 heavy (non-hydrogen) atoms. The summed E-state index contributed by atoms with van der Waals surface area (Å²) in [5.74, 6) is 0.188. The van der Waals surface area contributed by atoms with E-state index in [9.17, 15) is 4.79 Å². The third-order valence-electron chi connectivity index (χ3n) is 4.08. The SMILES string of the molecule is Cc1c[nH]c2c1C(=O)N(CCN1CCOCC1)CC2. The summed E-state index contributed by atoms with van der Waals surface area (Å²) in [5, 5.41) is 0. The summed E-state index contributed by atoms with van der Waals surface area (Å²) in [7, 11) is 0. The molecule has 5 nitrogen and oxygen atoms in total. The smallest absolute Gasteiger partial charge is 0.256 e. The van der Waals surface area contributed by atoms with E-state index in [-0.39, 0.29) is 5.91 Å². The molecule has 0 radical (unpaired) electrons. The maximum absolute atomic E-state index is 12.4. The van der Waals surface area contributed by atoms with Crippen LogP contribution in [0.4, 0.5) is 0 Å². The molecule has 1 aromatic rings. The van der Waals surface area contributed by atoms with Crippen molar-refractivity contribution in [1.82, 2.24) is 14.8 Å². The summed E-state index contributed by atoms with van der Waals surface area (Å²) in [6.07, 6.45) is 2.88. The van der Waals surface area contributed by atoms with E-state index in [1.54, 1.807) is 0 Å². The van der Waals surface area contributed by atoms with E-state index in [0.29, 0.717) is 0 Å². The molecule has 3 heterocycles. The zero-order valence-electron chi connectivity index (χ0n) is 11.4. The van der Waals surface area contributed by atoms with Gasteiger partial charge >= 0.3 is 0 Å². The fourth-order valence-corrected chi connectivity index (χ4v) is 2.88. The van der Waals surface area contributed by atoms with Gasteiger partial charge < -0.3 is 14.6 Å². The van der Waals surface area contributed by atoms with Gasteiger partial charge in [-0.2, -0.15) is 0 Å². The highest BCUT2D eigenvalue weighted by Crippen LogP contribution is 2.21. The van der Waals surface area contributed by atoms with Crippen LogP contribution in [0, 0.1) is 6.92 Å². The van der Waals surface area contributed by atoms with Crippen molar-refractivity contribution >= 4 is 5.91 Å². The van der Waals surface area contributed by atoms with Crippen molar-refractivity contribution in [3.8, 4) is 0 Å². The van der Waals surface area contributed by atoms with Gasteiger partial charge in [0, 0.05) is 51.0 Å². The average Bonchev–Trinajstić information content (AvgIpc) is 2.82. The number of aromatic amines is 1. The number of fused-ring (bicyclic) bond motifs is 1. The topological polar surface area (TPSA) is 48.6 Å². The van der Waals surface area contributed by atoms with Crippen LogP contribution in [-0.4, -0.2) is 66.6 Å². The van der Waals surface area contributed by atoms with Gasteiger partial charge in [0.25, 0.3) is 5.91 Å². The van der Waals surface area contributed by atoms with Crippen molar-refractivity contribution in [2.24, 2.45) is 0 Å². The lowest BCUT2D eigenvalue weighted by atomic mass is 10.0. The first-order valence-electron chi connectivity index (χ1n) is 7.02. The molecule has 0 bridgehead atoms. The summed E-state index contributed by atoms with van der Waals surface area (Å²) in [5.41, 5.74) is 3.06. The summed E-state index contributed by atoms with van der Waals surface area (Å²) < 4.78 is 5.34. The number of hydrogen-bond donors (Lipinski definition) is 1. The van der Waals surface area contributed by atoms with Gasteiger partial charge in [-0.05, 0) is 12.5 Å². The second kappa shape index (κ2) is 5.35. The number of rotatable bonds is 3. The van der Waals surface area contributed by atoms with Crippen LogP contribution in [0.25, 0.3) is 0 Å². The first-order valence-corrected chi connectivity index (χ1v) is 7.02. The number of carbonyl (C=O) groups excluding carboxylic acids is 1. The molecule has 2 aliphatic rings. The first-order chi connectivity index (χ1) is 9.25. The molecule has 1 amide bonds. The molecule has 0 atom stereocenters. The second-order valence-corrected chi connectivity index (χ2v) is 5.32. The number of nitrogens with one attached hydrogen (secondary N) is 1. The Balaban J connectivity index is 1.60. The Morgan fingerprint density at radius 2 is 2.05 bits per heavy atom. The van der Waals surface area contributed by atoms with E-state index < -0.39 is 0 Å². The third kappa shape index (κ3) is 2.53. The number of H-pyrrole nitrogens is 1. The summed E-state index contributed by atoms with van der Waals surface area (Å²) in [4.78, 5) is 20.0. The molecule has 5 heteroatoms. The number of hydrogen-bond acceptors (Lipinski definition) is 3. The number of nitrogens with zero attached hydrogens (tertiary/aromatic N) is 2. The highest BCUT2D eigenvalue weighted by atomic mass is 16.5. The van der Waals surface area contributed by atoms with Gasteiger partial charge in [0.05, 0.1) is 18.8 Å². The van der Waals surface area contributed by atoms with Crippen LogP contribution in [0.1, 0.15) is 21.6 Å². The summed E-state index contributed by atoms with van der Waals surface area (Å²) >= 11 is 0. The van der Waals surface area contributed by atoms with Gasteiger partial charge in [-0.3, -0.25) is 9.69 Å². The van der Waals surface area contributed by atoms with Crippen molar-refractivity contribution in [2.45, 2.75) is 13.3 Å². The van der Waals surface area contributed by atoms with E-state index in [0.717, 1.165) is 69.2 Å². The summed E-state index contributed by atoms with van der Waals surface area (Å²) in [6, 6.07) is 0. The Hall–Kier alpha value is -1.33. The molecule has 1 saturated heterocycles. The Morgan fingerprint density at radius 3 is 2.84 bits per heavy atom. The minimum absolute atomic E-state index is 0.188. The standard InChI is InChI=1S/C14H21N3O2/c1-11-10-15-12-2-3-17(14(18)13(11)12)5-4-16-6-8-19-9-7-16/h10,15H,2-9H2,1H3. The third-order valence-corrected chi connectivity index (χ3v) is 4.08. The zero-order chi connectivity index (χ0) is 13.2. The normalized spacial score (nSPS) is 20.7. The fraction of sp³-hybridized carbons (Fsp3) is 0.643. The zero-order valence-corrected chi connectivity index (χ0v) is 11.4. The lowest BCUT2D eigenvalue weighted by Gasteiger charge is -2.32. The van der Waals surface area contributed by atoms with Crippen molar-refractivity contribution in [3.63, 3.8) is 0 Å². The highest BCUT2D eigenvalue weighted by Gasteiger charge is 2.27. The van der Waals surface area contributed by atoms with E-state index >= 15 is 0 Å². The number of ether oxygens (including phenoxy) is 1. The molecule has 2 aliphatic heterocycles. The number of carbonyl (C=O) groups is 1. The Kier molecular flexibility index (Phi) is 3.57. The van der Waals surface area contributed by atoms with E-state index in [4.69, 9.17) is 4.74 Å². The highest BCUT2D eigenvalue weighted by molar-refractivity contribution is 5.97. The van der Waals surface area contributed by atoms with Crippen molar-refractivity contribution in [3.05, 3.63) is 23.0 Å². The van der Waals surface area contributed by atoms with Crippen molar-refractivity contribution in [1.29, 1.82) is 0 Å². The Labute approximate surface area is 113 Å². The maximum Gasteiger partial charge on any atom is 0.256 e. The molecule has 0 unspecified atom stereocenters. The van der Waals surface area contributed by atoms with Crippen LogP contribution >= 0.6 is 0 Å². The molecule has 3 rings (SSSR count). The fourth-order valence-electron chi connectivity index (χ4n) is 2.88. The molecule has 0 spiro atoms. The molecule has 1 N–H and O–H groups in total. The molecular formula is C14H21N3O2. The molecule has 0 aliphatic carbocycles. The van der Waals surface area contributed by atoms with Crippen molar-refractivity contribution in [2.75, 3.05) is 45.9 Å². The predicted octanol–water partition coefficient (Wildman–Crippen LogP) is 0.654. The molecular weight excluding hydrogens is 242 g/mol. The van der Waals surface area contributed by atoms with E-state index in [2.05, 4.69) is 9.88 Å². The van der Waals surface area contributed by atoms with E-state index in [1.165, 1.54) is 0 Å². The van der Waals surface area contributed by atoms with Crippen LogP contribution < -0.4 is 0 Å². The Bertz CT molecular complexity index is 463. The largest absolute Gasteiger partial charge is 0.379 e. The maximum atomic E-state index is 12.4. The second-order valence-electron chi connectivity index (χ2n) is 5.32. The monoisotopic (exact) mass is 263 g/mol. The van der Waals surface area contributed by atoms with Crippen LogP contribution in [-0.2, 0) is 11.2 Å². The van der Waals surface area contributed by atoms with Crippen LogP contribution in [0.15, 0.2) is 6.20 Å². The van der Waals surface area contributed by atoms with Crippen molar-refractivity contribution < 1.29 is 9.53 Å². The molecule has 1 fully saturated rings. The summed E-state index contributed by atoms with van der Waals surface area (Å²) in [6.45, 7) is 8.20. The first kappa shape index (κ1) is 12.7. The van der Waals surface area contributed by atoms with Gasteiger partial charge in [0.15, 0.2) is 0 Å². The predicted molar refractivity (Wildman–Crippen MR) is 72.4 cm³/mol. The van der Waals surface area contributed by atoms with Gasteiger partial charge in [-0.1, -0.05) is 0 Å². The average molecular weight is 263 g/mol. The van der Waals surface area contributed by atoms with Crippen LogP contribution in [0.3, 0.4) is 0 Å². The number of amides is 1. The van der Waals surface area contributed by atoms with Crippen LogP contribution in [0.2, 0.25) is 0 Å². The van der Waals surface area contributed by atoms with Gasteiger partial charge in [-0.15, -0.1) is 0 Å². The lowest BCUT2D eigenvalue weighted by molar-refractivity contribution is 0.0322. The number of morpholine rings is 1. The number of aryl methyl sites for hydroxylation is 1. The molecule has 0 saturated carbocycles. The molecule has 1 aromatic heterocycles. The van der Waals surface area contributed by atoms with E-state index in [1.807, 2.05) is 18.0 Å². The van der Waals surface area contributed by atoms with Gasteiger partial charge in [-0.25, -0.2) is 0 Å². The van der Waals surface area contributed by atoms with Crippen LogP contribution in [0.5, 0.6) is 0 Å². The minimum atomic E-state index is 0.188. The van der Waals surface area contributed by atoms with Gasteiger partial charge in [0.2, 0.25) is 0 Å².